The van der Waals surface area contributed by atoms with Crippen molar-refractivity contribution in [3.8, 4) is 0 Å². The summed E-state index contributed by atoms with van der Waals surface area (Å²) in [5.41, 5.74) is 2.35. The summed E-state index contributed by atoms with van der Waals surface area (Å²) < 4.78 is 13.1. The molecule has 0 radical (unpaired) electrons. The zero-order valence-electron chi connectivity index (χ0n) is 12.0. The molecule has 0 saturated carbocycles. The van der Waals surface area contributed by atoms with Crippen LogP contribution in [0.3, 0.4) is 0 Å². The lowest BCUT2D eigenvalue weighted by molar-refractivity contribution is 0.0696. The fourth-order valence-electron chi connectivity index (χ4n) is 2.06. The molecule has 0 bridgehead atoms. The lowest BCUT2D eigenvalue weighted by Gasteiger charge is -2.11. The highest BCUT2D eigenvalue weighted by atomic mass is 19.1. The third kappa shape index (κ3) is 3.78. The van der Waals surface area contributed by atoms with Crippen LogP contribution in [0, 0.1) is 12.7 Å². The van der Waals surface area contributed by atoms with Gasteiger partial charge in [0.2, 0.25) is 0 Å². The molecule has 2 aromatic rings. The molecule has 0 aliphatic carbocycles. The van der Waals surface area contributed by atoms with E-state index in [4.69, 9.17) is 5.11 Å². The van der Waals surface area contributed by atoms with Crippen LogP contribution in [-0.4, -0.2) is 16.1 Å². The highest BCUT2D eigenvalue weighted by molar-refractivity contribution is 5.88. The number of aromatic carboxylic acids is 1. The Labute approximate surface area is 122 Å². The number of nitrogens with zero attached hydrogens (tertiary/aromatic N) is 1. The van der Waals surface area contributed by atoms with E-state index >= 15 is 0 Å². The van der Waals surface area contributed by atoms with Gasteiger partial charge in [-0.2, -0.15) is 0 Å². The molecule has 4 nitrogen and oxygen atoms in total. The molecule has 1 aromatic heterocycles. The van der Waals surface area contributed by atoms with Crippen molar-refractivity contribution < 1.29 is 14.3 Å². The molecule has 21 heavy (non-hydrogen) atoms. The van der Waals surface area contributed by atoms with Crippen molar-refractivity contribution >= 4 is 17.5 Å². The topological polar surface area (TPSA) is 62.2 Å². The predicted molar refractivity (Wildman–Crippen MR) is 79.6 cm³/mol. The number of nitrogens with one attached hydrogen (secondary N) is 1. The highest BCUT2D eigenvalue weighted by Crippen LogP contribution is 2.21. The maximum Gasteiger partial charge on any atom is 0.335 e. The number of carboxylic acids is 1. The molecule has 2 rings (SSSR count). The zero-order chi connectivity index (χ0) is 15.4. The second kappa shape index (κ2) is 6.35. The minimum atomic E-state index is -0.992. The normalized spacial score (nSPS) is 10.4. The van der Waals surface area contributed by atoms with Crippen LogP contribution in [0.15, 0.2) is 30.3 Å². The van der Waals surface area contributed by atoms with E-state index in [1.807, 2.05) is 6.92 Å². The summed E-state index contributed by atoms with van der Waals surface area (Å²) in [6.07, 6.45) is 1.59. The van der Waals surface area contributed by atoms with Gasteiger partial charge in [-0.3, -0.25) is 0 Å². The number of hydrogen-bond acceptors (Lipinski definition) is 3. The lowest BCUT2D eigenvalue weighted by Crippen LogP contribution is -2.04. The average Bonchev–Trinajstić information content (AvgIpc) is 2.42. The third-order valence-corrected chi connectivity index (χ3v) is 3.08. The number of rotatable bonds is 5. The Bertz CT molecular complexity index is 671. The van der Waals surface area contributed by atoms with Crippen LogP contribution in [0.2, 0.25) is 0 Å². The Kier molecular flexibility index (Phi) is 4.52. The SMILES string of the molecule is CCCc1cc(C(=O)O)cc(Nc2ccc(F)cc2C)n1. The van der Waals surface area contributed by atoms with Crippen LogP contribution < -0.4 is 5.32 Å². The fourth-order valence-corrected chi connectivity index (χ4v) is 2.06. The number of aryl methyl sites for hydroxylation is 2. The standard InChI is InChI=1S/C16H17FN2O2/c1-3-4-13-8-11(16(20)21)9-15(18-13)19-14-6-5-12(17)7-10(14)2/h5-9H,3-4H2,1-2H3,(H,18,19)(H,20,21). The van der Waals surface area contributed by atoms with Gasteiger partial charge in [0, 0.05) is 11.4 Å². The second-order valence-corrected chi connectivity index (χ2v) is 4.87. The van der Waals surface area contributed by atoms with Gasteiger partial charge in [-0.05, 0) is 49.2 Å². The molecule has 0 aliphatic heterocycles. The number of hydrogen-bond donors (Lipinski definition) is 2. The maximum atomic E-state index is 13.1. The summed E-state index contributed by atoms with van der Waals surface area (Å²) in [4.78, 5) is 15.6. The minimum absolute atomic E-state index is 0.190. The summed E-state index contributed by atoms with van der Waals surface area (Å²) >= 11 is 0. The van der Waals surface area contributed by atoms with E-state index in [2.05, 4.69) is 10.3 Å². The van der Waals surface area contributed by atoms with Crippen LogP contribution in [0.1, 0.15) is 35.0 Å². The number of aromatic nitrogens is 1. The molecule has 2 N–H and O–H groups in total. The number of halogens is 1. The summed E-state index contributed by atoms with van der Waals surface area (Å²) in [5, 5.41) is 12.2. The van der Waals surface area contributed by atoms with Crippen LogP contribution in [-0.2, 0) is 6.42 Å². The van der Waals surface area contributed by atoms with Gasteiger partial charge in [0.05, 0.1) is 5.56 Å². The molecule has 0 aliphatic rings. The van der Waals surface area contributed by atoms with E-state index in [1.54, 1.807) is 19.1 Å². The second-order valence-electron chi connectivity index (χ2n) is 4.87. The largest absolute Gasteiger partial charge is 0.478 e. The van der Waals surface area contributed by atoms with Crippen molar-refractivity contribution in [1.29, 1.82) is 0 Å². The van der Waals surface area contributed by atoms with E-state index in [0.29, 0.717) is 17.9 Å². The molecule has 0 atom stereocenters. The minimum Gasteiger partial charge on any atom is -0.478 e. The van der Waals surface area contributed by atoms with Gasteiger partial charge < -0.3 is 10.4 Å². The first kappa shape index (κ1) is 15.0. The molecular weight excluding hydrogens is 271 g/mol. The number of benzene rings is 1. The van der Waals surface area contributed by atoms with E-state index in [1.165, 1.54) is 18.2 Å². The Balaban J connectivity index is 2.36. The van der Waals surface area contributed by atoms with Gasteiger partial charge in [0.1, 0.15) is 11.6 Å². The van der Waals surface area contributed by atoms with Gasteiger partial charge >= 0.3 is 5.97 Å². The first-order valence-electron chi connectivity index (χ1n) is 6.77. The lowest BCUT2D eigenvalue weighted by atomic mass is 10.1. The Hall–Kier alpha value is -2.43. The molecule has 5 heteroatoms. The fraction of sp³-hybridized carbons (Fsp3) is 0.250. The maximum absolute atomic E-state index is 13.1. The van der Waals surface area contributed by atoms with Crippen LogP contribution in [0.4, 0.5) is 15.9 Å². The van der Waals surface area contributed by atoms with E-state index in [-0.39, 0.29) is 11.4 Å². The zero-order valence-corrected chi connectivity index (χ0v) is 12.0. The summed E-state index contributed by atoms with van der Waals surface area (Å²) in [6.45, 7) is 3.78. The molecule has 0 amide bonds. The summed E-state index contributed by atoms with van der Waals surface area (Å²) in [6, 6.07) is 7.43. The van der Waals surface area contributed by atoms with Crippen molar-refractivity contribution in [2.45, 2.75) is 26.7 Å². The van der Waals surface area contributed by atoms with Crippen LogP contribution in [0.5, 0.6) is 0 Å². The van der Waals surface area contributed by atoms with Gasteiger partial charge in [-0.25, -0.2) is 14.2 Å². The number of carboxylic acid groups (broad SMARTS) is 1. The first-order chi connectivity index (χ1) is 9.99. The van der Waals surface area contributed by atoms with E-state index in [0.717, 1.165) is 17.7 Å². The van der Waals surface area contributed by atoms with Crippen molar-refractivity contribution in [2.24, 2.45) is 0 Å². The van der Waals surface area contributed by atoms with Crippen molar-refractivity contribution in [3.63, 3.8) is 0 Å². The molecule has 1 aromatic carbocycles. The van der Waals surface area contributed by atoms with Crippen molar-refractivity contribution in [3.05, 3.63) is 53.0 Å². The number of anilines is 2. The Morgan fingerprint density at radius 3 is 2.71 bits per heavy atom. The highest BCUT2D eigenvalue weighted by Gasteiger charge is 2.09. The Morgan fingerprint density at radius 2 is 2.10 bits per heavy atom. The first-order valence-corrected chi connectivity index (χ1v) is 6.77. The Morgan fingerprint density at radius 1 is 1.33 bits per heavy atom. The molecule has 1 heterocycles. The van der Waals surface area contributed by atoms with Gasteiger partial charge in [0.15, 0.2) is 0 Å². The average molecular weight is 288 g/mol. The van der Waals surface area contributed by atoms with Crippen molar-refractivity contribution in [2.75, 3.05) is 5.32 Å². The van der Waals surface area contributed by atoms with Gasteiger partial charge in [-0.1, -0.05) is 13.3 Å². The molecular formula is C16H17FN2O2. The molecule has 0 unspecified atom stereocenters. The number of pyridine rings is 1. The van der Waals surface area contributed by atoms with E-state index < -0.39 is 5.97 Å². The summed E-state index contributed by atoms with van der Waals surface area (Å²) in [5.74, 6) is -0.848. The van der Waals surface area contributed by atoms with Crippen LogP contribution >= 0.6 is 0 Å². The summed E-state index contributed by atoms with van der Waals surface area (Å²) in [7, 11) is 0. The molecule has 0 spiro atoms. The van der Waals surface area contributed by atoms with Gasteiger partial charge in [-0.15, -0.1) is 0 Å². The molecule has 110 valence electrons. The van der Waals surface area contributed by atoms with E-state index in [9.17, 15) is 9.18 Å². The quantitative estimate of drug-likeness (QED) is 0.875. The monoisotopic (exact) mass is 288 g/mol. The van der Waals surface area contributed by atoms with Gasteiger partial charge in [0.25, 0.3) is 0 Å². The smallest absolute Gasteiger partial charge is 0.335 e. The molecule has 0 fully saturated rings. The molecule has 0 saturated heterocycles. The third-order valence-electron chi connectivity index (χ3n) is 3.08. The van der Waals surface area contributed by atoms with Crippen LogP contribution in [0.25, 0.3) is 0 Å². The van der Waals surface area contributed by atoms with Crippen molar-refractivity contribution in [1.82, 2.24) is 4.98 Å². The predicted octanol–water partition coefficient (Wildman–Crippen LogP) is 3.92. The number of carbonyl (C=O) groups is 1.